The Morgan fingerprint density at radius 2 is 1.95 bits per heavy atom. The highest BCUT2D eigenvalue weighted by atomic mass is 32.2. The number of nitro benzene ring substituents is 1. The molecule has 0 fully saturated rings. The highest BCUT2D eigenvalue weighted by molar-refractivity contribution is 7.99. The van der Waals surface area contributed by atoms with Crippen LogP contribution in [0, 0.1) is 10.1 Å². The Kier molecular flexibility index (Phi) is 5.00. The molecule has 0 bridgehead atoms. The van der Waals surface area contributed by atoms with Gasteiger partial charge in [-0.3, -0.25) is 10.1 Å². The van der Waals surface area contributed by atoms with Crippen molar-refractivity contribution in [1.29, 1.82) is 0 Å². The average Bonchev–Trinajstić information content (AvgIpc) is 2.54. The molecule has 2 rings (SSSR count). The van der Waals surface area contributed by atoms with Gasteiger partial charge < -0.3 is 9.47 Å². The van der Waals surface area contributed by atoms with E-state index in [4.69, 9.17) is 4.74 Å². The van der Waals surface area contributed by atoms with Gasteiger partial charge in [-0.15, -0.1) is 0 Å². The molecule has 7 heteroatoms. The molecular formula is C15H13NO5S. The molecule has 0 N–H and O–H groups in total. The van der Waals surface area contributed by atoms with Gasteiger partial charge in [0.05, 0.1) is 29.6 Å². The Hall–Kier alpha value is -2.54. The molecular weight excluding hydrogens is 306 g/mol. The zero-order valence-corrected chi connectivity index (χ0v) is 12.8. The summed E-state index contributed by atoms with van der Waals surface area (Å²) in [6.07, 6.45) is 0. The number of rotatable bonds is 5. The molecule has 0 aliphatic heterocycles. The van der Waals surface area contributed by atoms with Gasteiger partial charge >= 0.3 is 5.97 Å². The third-order valence-corrected chi connectivity index (χ3v) is 3.90. The molecule has 114 valence electrons. The summed E-state index contributed by atoms with van der Waals surface area (Å²) in [6.45, 7) is 0. The molecule has 0 aromatic heterocycles. The van der Waals surface area contributed by atoms with E-state index in [1.54, 1.807) is 25.3 Å². The Morgan fingerprint density at radius 1 is 1.18 bits per heavy atom. The maximum absolute atomic E-state index is 11.5. The van der Waals surface area contributed by atoms with E-state index in [0.717, 1.165) is 4.90 Å². The number of esters is 1. The minimum atomic E-state index is -0.610. The highest BCUT2D eigenvalue weighted by Crippen LogP contribution is 2.36. The molecule has 0 saturated heterocycles. The van der Waals surface area contributed by atoms with Crippen molar-refractivity contribution in [3.63, 3.8) is 0 Å². The van der Waals surface area contributed by atoms with E-state index in [0.29, 0.717) is 10.6 Å². The minimum absolute atomic E-state index is 0.143. The Balaban J connectivity index is 2.37. The van der Waals surface area contributed by atoms with E-state index < -0.39 is 10.9 Å². The predicted molar refractivity (Wildman–Crippen MR) is 81.6 cm³/mol. The van der Waals surface area contributed by atoms with E-state index in [1.807, 2.05) is 6.07 Å². The molecule has 22 heavy (non-hydrogen) atoms. The first kappa shape index (κ1) is 15.8. The Morgan fingerprint density at radius 3 is 2.59 bits per heavy atom. The van der Waals surface area contributed by atoms with Crippen molar-refractivity contribution in [3.05, 3.63) is 58.1 Å². The number of nitrogens with zero attached hydrogens (tertiary/aromatic N) is 1. The monoisotopic (exact) mass is 319 g/mol. The summed E-state index contributed by atoms with van der Waals surface area (Å²) in [5, 5.41) is 11.2. The third kappa shape index (κ3) is 3.56. The van der Waals surface area contributed by atoms with Crippen LogP contribution in [-0.2, 0) is 4.74 Å². The normalized spacial score (nSPS) is 10.1. The summed E-state index contributed by atoms with van der Waals surface area (Å²) in [6, 6.07) is 11.5. The number of carbonyl (C=O) groups is 1. The van der Waals surface area contributed by atoms with Crippen molar-refractivity contribution in [2.75, 3.05) is 14.2 Å². The van der Waals surface area contributed by atoms with Crippen LogP contribution in [0.3, 0.4) is 0 Å². The van der Waals surface area contributed by atoms with Crippen LogP contribution < -0.4 is 4.74 Å². The fraction of sp³-hybridized carbons (Fsp3) is 0.133. The first-order valence-corrected chi connectivity index (χ1v) is 7.05. The van der Waals surface area contributed by atoms with Gasteiger partial charge in [0.25, 0.3) is 5.69 Å². The molecule has 0 saturated carbocycles. The highest BCUT2D eigenvalue weighted by Gasteiger charge is 2.18. The standard InChI is InChI=1S/C15H13NO5S/c1-20-11-4-3-5-12(9-11)22-14-7-6-10(15(17)21-2)8-13(14)16(18)19/h3-9H,1-2H3. The molecule has 2 aromatic rings. The number of ether oxygens (including phenoxy) is 2. The summed E-state index contributed by atoms with van der Waals surface area (Å²) in [5.41, 5.74) is -0.0000814. The second-order valence-corrected chi connectivity index (χ2v) is 5.33. The Bertz CT molecular complexity index is 717. The lowest BCUT2D eigenvalue weighted by Gasteiger charge is -2.06. The van der Waals surface area contributed by atoms with Gasteiger partial charge in [0.1, 0.15) is 5.75 Å². The van der Waals surface area contributed by atoms with Crippen LogP contribution >= 0.6 is 11.8 Å². The summed E-state index contributed by atoms with van der Waals surface area (Å²) in [4.78, 5) is 23.4. The molecule has 6 nitrogen and oxygen atoms in total. The molecule has 0 unspecified atom stereocenters. The van der Waals surface area contributed by atoms with Crippen LogP contribution in [0.15, 0.2) is 52.3 Å². The summed E-state index contributed by atoms with van der Waals surface area (Å²) >= 11 is 1.23. The third-order valence-electron chi connectivity index (χ3n) is 2.85. The first-order chi connectivity index (χ1) is 10.5. The largest absolute Gasteiger partial charge is 0.497 e. The smallest absolute Gasteiger partial charge is 0.338 e. The van der Waals surface area contributed by atoms with Gasteiger partial charge in [0.2, 0.25) is 0 Å². The van der Waals surface area contributed by atoms with Crippen LogP contribution in [-0.4, -0.2) is 25.1 Å². The topological polar surface area (TPSA) is 78.7 Å². The van der Waals surface area contributed by atoms with Crippen molar-refractivity contribution < 1.29 is 19.2 Å². The van der Waals surface area contributed by atoms with Gasteiger partial charge in [0, 0.05) is 11.0 Å². The summed E-state index contributed by atoms with van der Waals surface area (Å²) in [5.74, 6) is 0.0554. The summed E-state index contributed by atoms with van der Waals surface area (Å²) < 4.78 is 9.70. The molecule has 0 aliphatic carbocycles. The van der Waals surface area contributed by atoms with Crippen LogP contribution in [0.2, 0.25) is 0 Å². The predicted octanol–water partition coefficient (Wildman–Crippen LogP) is 3.54. The number of hydrogen-bond acceptors (Lipinski definition) is 6. The lowest BCUT2D eigenvalue weighted by atomic mass is 10.2. The van der Waals surface area contributed by atoms with Crippen molar-refractivity contribution >= 4 is 23.4 Å². The van der Waals surface area contributed by atoms with Gasteiger partial charge in [-0.25, -0.2) is 4.79 Å². The lowest BCUT2D eigenvalue weighted by Crippen LogP contribution is -2.02. The maximum atomic E-state index is 11.5. The molecule has 2 aromatic carbocycles. The van der Waals surface area contributed by atoms with Crippen molar-refractivity contribution in [2.45, 2.75) is 9.79 Å². The van der Waals surface area contributed by atoms with Crippen LogP contribution in [0.4, 0.5) is 5.69 Å². The SMILES string of the molecule is COC(=O)c1ccc(Sc2cccc(OC)c2)c([N+](=O)[O-])c1. The fourth-order valence-electron chi connectivity index (χ4n) is 1.78. The Labute approximate surface area is 131 Å². The van der Waals surface area contributed by atoms with Gasteiger partial charge in [-0.2, -0.15) is 0 Å². The zero-order valence-electron chi connectivity index (χ0n) is 11.9. The van der Waals surface area contributed by atoms with E-state index >= 15 is 0 Å². The van der Waals surface area contributed by atoms with E-state index in [-0.39, 0.29) is 11.3 Å². The van der Waals surface area contributed by atoms with E-state index in [9.17, 15) is 14.9 Å². The number of nitro groups is 1. The lowest BCUT2D eigenvalue weighted by molar-refractivity contribution is -0.387. The fourth-order valence-corrected chi connectivity index (χ4v) is 2.73. The number of hydrogen-bond donors (Lipinski definition) is 0. The van der Waals surface area contributed by atoms with E-state index in [2.05, 4.69) is 4.74 Å². The van der Waals surface area contributed by atoms with Crippen LogP contribution in [0.25, 0.3) is 0 Å². The molecule has 0 radical (unpaired) electrons. The van der Waals surface area contributed by atoms with E-state index in [1.165, 1.54) is 37.1 Å². The molecule has 0 aliphatic rings. The molecule has 0 amide bonds. The van der Waals surface area contributed by atoms with Crippen LogP contribution in [0.5, 0.6) is 5.75 Å². The quantitative estimate of drug-likeness (QED) is 0.476. The summed E-state index contributed by atoms with van der Waals surface area (Å²) in [7, 11) is 2.78. The second-order valence-electron chi connectivity index (χ2n) is 4.21. The number of benzene rings is 2. The first-order valence-electron chi connectivity index (χ1n) is 6.24. The van der Waals surface area contributed by atoms with Gasteiger partial charge in [-0.05, 0) is 30.3 Å². The van der Waals surface area contributed by atoms with Crippen molar-refractivity contribution in [1.82, 2.24) is 0 Å². The second kappa shape index (κ2) is 6.95. The number of methoxy groups -OCH3 is 2. The molecule has 0 spiro atoms. The molecule has 0 atom stereocenters. The van der Waals surface area contributed by atoms with Crippen molar-refractivity contribution in [2.24, 2.45) is 0 Å². The average molecular weight is 319 g/mol. The zero-order chi connectivity index (χ0) is 16.1. The number of carbonyl (C=O) groups excluding carboxylic acids is 1. The maximum Gasteiger partial charge on any atom is 0.338 e. The van der Waals surface area contributed by atoms with Gasteiger partial charge in [-0.1, -0.05) is 17.8 Å². The van der Waals surface area contributed by atoms with Crippen molar-refractivity contribution in [3.8, 4) is 5.75 Å². The van der Waals surface area contributed by atoms with Crippen LogP contribution in [0.1, 0.15) is 10.4 Å². The molecule has 0 heterocycles. The van der Waals surface area contributed by atoms with Gasteiger partial charge in [0.15, 0.2) is 0 Å². The minimum Gasteiger partial charge on any atom is -0.497 e.